The number of hydrazone groups is 1. The molecule has 26 heavy (non-hydrogen) atoms. The van der Waals surface area contributed by atoms with E-state index in [1.165, 1.54) is 18.3 Å². The van der Waals surface area contributed by atoms with E-state index in [1.54, 1.807) is 36.4 Å². The molecule has 0 bridgehead atoms. The van der Waals surface area contributed by atoms with Gasteiger partial charge in [0.05, 0.1) is 11.8 Å². The molecule has 0 saturated heterocycles. The molecule has 1 amide bonds. The van der Waals surface area contributed by atoms with Crippen molar-refractivity contribution in [1.82, 2.24) is 5.43 Å². The first-order valence-corrected chi connectivity index (χ1v) is 7.86. The van der Waals surface area contributed by atoms with Crippen LogP contribution in [0.15, 0.2) is 70.2 Å². The minimum atomic E-state index is -0.979. The number of benzene rings is 2. The summed E-state index contributed by atoms with van der Waals surface area (Å²) in [4.78, 5) is 22.9. The number of carbonyl (C=O) groups is 2. The van der Waals surface area contributed by atoms with Crippen molar-refractivity contribution in [3.63, 3.8) is 0 Å². The van der Waals surface area contributed by atoms with Gasteiger partial charge in [0, 0.05) is 11.1 Å². The molecule has 1 aromatic heterocycles. The van der Waals surface area contributed by atoms with E-state index in [2.05, 4.69) is 10.5 Å². The zero-order chi connectivity index (χ0) is 18.5. The van der Waals surface area contributed by atoms with E-state index < -0.39 is 5.97 Å². The van der Waals surface area contributed by atoms with Gasteiger partial charge in [0.2, 0.25) is 0 Å². The van der Waals surface area contributed by atoms with E-state index in [0.717, 1.165) is 11.1 Å². The van der Waals surface area contributed by atoms with Gasteiger partial charge < -0.3 is 9.52 Å². The summed E-state index contributed by atoms with van der Waals surface area (Å²) < 4.78 is 5.63. The second-order valence-corrected chi connectivity index (χ2v) is 5.65. The number of hydrogen-bond donors (Lipinski definition) is 2. The summed E-state index contributed by atoms with van der Waals surface area (Å²) in [5.41, 5.74) is 4.93. The monoisotopic (exact) mass is 348 g/mol. The number of amides is 1. The number of carboxylic acid groups (broad SMARTS) is 1. The van der Waals surface area contributed by atoms with Crippen LogP contribution in [0, 0.1) is 6.92 Å². The largest absolute Gasteiger partial charge is 0.478 e. The van der Waals surface area contributed by atoms with Gasteiger partial charge in [-0.25, -0.2) is 10.2 Å². The Bertz CT molecular complexity index is 971. The van der Waals surface area contributed by atoms with E-state index in [1.807, 2.05) is 19.1 Å². The fraction of sp³-hybridized carbons (Fsp3) is 0.0500. The molecule has 2 aromatic carbocycles. The molecular formula is C20H16N2O4. The number of aromatic carboxylic acids is 1. The summed E-state index contributed by atoms with van der Waals surface area (Å²) in [6, 6.07) is 17.0. The van der Waals surface area contributed by atoms with Crippen molar-refractivity contribution < 1.29 is 19.1 Å². The lowest BCUT2D eigenvalue weighted by molar-refractivity contribution is 0.0696. The fourth-order valence-corrected chi connectivity index (χ4v) is 2.36. The summed E-state index contributed by atoms with van der Waals surface area (Å²) in [5, 5.41) is 12.8. The van der Waals surface area contributed by atoms with Crippen molar-refractivity contribution in [2.75, 3.05) is 0 Å². The maximum Gasteiger partial charge on any atom is 0.335 e. The molecule has 6 heteroatoms. The molecule has 0 radical (unpaired) electrons. The molecule has 6 nitrogen and oxygen atoms in total. The molecule has 0 unspecified atom stereocenters. The Labute approximate surface area is 149 Å². The van der Waals surface area contributed by atoms with Gasteiger partial charge in [-0.1, -0.05) is 29.8 Å². The van der Waals surface area contributed by atoms with Crippen molar-refractivity contribution >= 4 is 18.1 Å². The average molecular weight is 348 g/mol. The van der Waals surface area contributed by atoms with Crippen LogP contribution in [0.1, 0.15) is 32.0 Å². The minimum Gasteiger partial charge on any atom is -0.478 e. The van der Waals surface area contributed by atoms with Gasteiger partial charge in [0.25, 0.3) is 5.91 Å². The second-order valence-electron chi connectivity index (χ2n) is 5.65. The van der Waals surface area contributed by atoms with Crippen LogP contribution in [0.25, 0.3) is 11.3 Å². The number of carbonyl (C=O) groups excluding carboxylic acids is 1. The number of hydrogen-bond acceptors (Lipinski definition) is 4. The normalized spacial score (nSPS) is 10.8. The number of furan rings is 1. The quantitative estimate of drug-likeness (QED) is 0.543. The summed E-state index contributed by atoms with van der Waals surface area (Å²) in [6.45, 7) is 1.91. The molecule has 0 aliphatic carbocycles. The van der Waals surface area contributed by atoms with Crippen LogP contribution in [0.3, 0.4) is 0 Å². The average Bonchev–Trinajstić information content (AvgIpc) is 3.10. The molecule has 0 fully saturated rings. The highest BCUT2D eigenvalue weighted by molar-refractivity contribution is 5.94. The Morgan fingerprint density at radius 1 is 1.04 bits per heavy atom. The SMILES string of the molecule is Cc1cccc(C(=O)N/N=C\c2ccc(-c3ccc(C(=O)O)cc3)o2)c1. The molecule has 130 valence electrons. The molecule has 0 aliphatic rings. The van der Waals surface area contributed by atoms with E-state index in [4.69, 9.17) is 9.52 Å². The number of nitrogens with zero attached hydrogens (tertiary/aromatic N) is 1. The highest BCUT2D eigenvalue weighted by Crippen LogP contribution is 2.22. The van der Waals surface area contributed by atoms with Crippen LogP contribution >= 0.6 is 0 Å². The van der Waals surface area contributed by atoms with Crippen LogP contribution in [-0.4, -0.2) is 23.2 Å². The molecule has 0 saturated carbocycles. The third-order valence-electron chi connectivity index (χ3n) is 3.68. The Hall–Kier alpha value is -3.67. The number of aryl methyl sites for hydroxylation is 1. The lowest BCUT2D eigenvalue weighted by Crippen LogP contribution is -2.17. The summed E-state index contributed by atoms with van der Waals surface area (Å²) >= 11 is 0. The highest BCUT2D eigenvalue weighted by atomic mass is 16.4. The molecule has 1 heterocycles. The predicted octanol–water partition coefficient (Wildman–Crippen LogP) is 3.72. The second kappa shape index (κ2) is 7.48. The van der Waals surface area contributed by atoms with Crippen molar-refractivity contribution in [2.24, 2.45) is 5.10 Å². The van der Waals surface area contributed by atoms with Gasteiger partial charge in [0.15, 0.2) is 0 Å². The Balaban J connectivity index is 1.65. The topological polar surface area (TPSA) is 91.9 Å². The zero-order valence-electron chi connectivity index (χ0n) is 14.0. The van der Waals surface area contributed by atoms with Crippen LogP contribution in [0.2, 0.25) is 0 Å². The van der Waals surface area contributed by atoms with Crippen molar-refractivity contribution in [3.8, 4) is 11.3 Å². The van der Waals surface area contributed by atoms with E-state index in [9.17, 15) is 9.59 Å². The maximum atomic E-state index is 12.0. The van der Waals surface area contributed by atoms with Crippen LogP contribution in [0.4, 0.5) is 0 Å². The fourth-order valence-electron chi connectivity index (χ4n) is 2.36. The van der Waals surface area contributed by atoms with Crippen molar-refractivity contribution in [3.05, 3.63) is 83.1 Å². The molecule has 0 atom stereocenters. The van der Waals surface area contributed by atoms with Gasteiger partial charge >= 0.3 is 5.97 Å². The van der Waals surface area contributed by atoms with Gasteiger partial charge in [-0.3, -0.25) is 4.79 Å². The van der Waals surface area contributed by atoms with Crippen molar-refractivity contribution in [1.29, 1.82) is 0 Å². The van der Waals surface area contributed by atoms with E-state index >= 15 is 0 Å². The molecule has 2 N–H and O–H groups in total. The third kappa shape index (κ3) is 4.05. The van der Waals surface area contributed by atoms with Gasteiger partial charge in [-0.05, 0) is 43.3 Å². The molecule has 3 aromatic rings. The smallest absolute Gasteiger partial charge is 0.335 e. The van der Waals surface area contributed by atoms with Gasteiger partial charge in [0.1, 0.15) is 11.5 Å². The van der Waals surface area contributed by atoms with E-state index in [-0.39, 0.29) is 11.5 Å². The first-order valence-electron chi connectivity index (χ1n) is 7.86. The summed E-state index contributed by atoms with van der Waals surface area (Å²) in [6.07, 6.45) is 1.41. The minimum absolute atomic E-state index is 0.209. The van der Waals surface area contributed by atoms with Gasteiger partial charge in [-0.2, -0.15) is 5.10 Å². The molecule has 0 spiro atoms. The summed E-state index contributed by atoms with van der Waals surface area (Å²) in [5.74, 6) is -0.241. The zero-order valence-corrected chi connectivity index (χ0v) is 14.0. The third-order valence-corrected chi connectivity index (χ3v) is 3.68. The van der Waals surface area contributed by atoms with Crippen LogP contribution in [-0.2, 0) is 0 Å². The van der Waals surface area contributed by atoms with Crippen LogP contribution in [0.5, 0.6) is 0 Å². The standard InChI is InChI=1S/C20H16N2O4/c1-13-3-2-4-16(11-13)19(23)22-21-12-17-9-10-18(26-17)14-5-7-15(8-6-14)20(24)25/h2-12H,1H3,(H,22,23)(H,24,25)/b21-12-. The lowest BCUT2D eigenvalue weighted by Gasteiger charge is -2.00. The van der Waals surface area contributed by atoms with Crippen molar-refractivity contribution in [2.45, 2.75) is 6.92 Å². The van der Waals surface area contributed by atoms with E-state index in [0.29, 0.717) is 17.1 Å². The Morgan fingerprint density at radius 2 is 1.81 bits per heavy atom. The number of nitrogens with one attached hydrogen (secondary N) is 1. The highest BCUT2D eigenvalue weighted by Gasteiger charge is 2.07. The molecule has 3 rings (SSSR count). The Kier molecular flexibility index (Phi) is 4.94. The molecule has 0 aliphatic heterocycles. The first kappa shape index (κ1) is 17.2. The number of carboxylic acids is 1. The first-order chi connectivity index (χ1) is 12.5. The van der Waals surface area contributed by atoms with Crippen LogP contribution < -0.4 is 5.43 Å². The summed E-state index contributed by atoms with van der Waals surface area (Å²) in [7, 11) is 0. The Morgan fingerprint density at radius 3 is 2.50 bits per heavy atom. The molecular weight excluding hydrogens is 332 g/mol. The lowest BCUT2D eigenvalue weighted by atomic mass is 10.1. The van der Waals surface area contributed by atoms with Gasteiger partial charge in [-0.15, -0.1) is 0 Å². The number of rotatable bonds is 5. The predicted molar refractivity (Wildman–Crippen MR) is 97.3 cm³/mol. The maximum absolute atomic E-state index is 12.0.